The van der Waals surface area contributed by atoms with Crippen LogP contribution >= 0.6 is 0 Å². The quantitative estimate of drug-likeness (QED) is 0.624. The molecule has 0 radical (unpaired) electrons. The maximum atomic E-state index is 11.4. The number of hydrogen-bond donors (Lipinski definition) is 0. The second kappa shape index (κ2) is 4.74. The van der Waals surface area contributed by atoms with Crippen LogP contribution < -0.4 is 0 Å². The van der Waals surface area contributed by atoms with Gasteiger partial charge in [0, 0.05) is 24.5 Å². The number of ether oxygens (including phenoxy) is 2. The normalized spacial score (nSPS) is 35.0. The van der Waals surface area contributed by atoms with E-state index in [1.165, 1.54) is 19.1 Å². The minimum atomic E-state index is -0.296. The molecule has 20 heavy (non-hydrogen) atoms. The van der Waals surface area contributed by atoms with Crippen molar-refractivity contribution in [1.29, 1.82) is 0 Å². The Kier molecular flexibility index (Phi) is 3.17. The molecule has 3 heteroatoms. The fraction of sp³-hybridized carbons (Fsp3) is 0.471. The largest absolute Gasteiger partial charge is 0.466 e. The zero-order valence-electron chi connectivity index (χ0n) is 12.0. The van der Waals surface area contributed by atoms with Crippen molar-refractivity contribution < 1.29 is 14.3 Å². The van der Waals surface area contributed by atoms with Gasteiger partial charge in [-0.2, -0.15) is 0 Å². The average Bonchev–Trinajstić information content (AvgIpc) is 2.81. The molecule has 2 aliphatic carbocycles. The van der Waals surface area contributed by atoms with E-state index in [0.29, 0.717) is 5.92 Å². The molecule has 0 heterocycles. The molecule has 1 aromatic carbocycles. The van der Waals surface area contributed by atoms with E-state index in [4.69, 9.17) is 9.47 Å². The van der Waals surface area contributed by atoms with Gasteiger partial charge in [-0.15, -0.1) is 0 Å². The number of benzene rings is 1. The second-order valence-electron chi connectivity index (χ2n) is 5.65. The van der Waals surface area contributed by atoms with Gasteiger partial charge in [0.1, 0.15) is 5.60 Å². The monoisotopic (exact) mass is 272 g/mol. The molecule has 1 aromatic rings. The van der Waals surface area contributed by atoms with Crippen LogP contribution in [0.2, 0.25) is 0 Å². The number of carbonyl (C=O) groups excluding carboxylic acids is 1. The van der Waals surface area contributed by atoms with Crippen LogP contribution in [0.25, 0.3) is 0 Å². The highest BCUT2D eigenvalue weighted by Crippen LogP contribution is 2.78. The van der Waals surface area contributed by atoms with Gasteiger partial charge < -0.3 is 9.47 Å². The first-order valence-corrected chi connectivity index (χ1v) is 7.09. The predicted molar refractivity (Wildman–Crippen MR) is 76.1 cm³/mol. The maximum absolute atomic E-state index is 11.4. The van der Waals surface area contributed by atoms with Gasteiger partial charge in [0.05, 0.1) is 7.11 Å². The number of fused-ring (bicyclic) bond motifs is 1. The Labute approximate surface area is 119 Å². The summed E-state index contributed by atoms with van der Waals surface area (Å²) in [5, 5.41) is 0. The average molecular weight is 272 g/mol. The lowest BCUT2D eigenvalue weighted by atomic mass is 9.91. The Morgan fingerprint density at radius 1 is 1.30 bits per heavy atom. The summed E-state index contributed by atoms with van der Waals surface area (Å²) in [6.07, 6.45) is 6.98. The molecular weight excluding hydrogens is 252 g/mol. The van der Waals surface area contributed by atoms with Crippen LogP contribution in [-0.4, -0.2) is 20.2 Å². The van der Waals surface area contributed by atoms with E-state index in [1.54, 1.807) is 13.2 Å². The number of methoxy groups -OCH3 is 2. The van der Waals surface area contributed by atoms with Gasteiger partial charge in [0.25, 0.3) is 0 Å². The maximum Gasteiger partial charge on any atom is 0.330 e. The number of hydrogen-bond acceptors (Lipinski definition) is 3. The Morgan fingerprint density at radius 3 is 2.70 bits per heavy atom. The van der Waals surface area contributed by atoms with Crippen LogP contribution in [0.4, 0.5) is 0 Å². The van der Waals surface area contributed by atoms with Crippen LogP contribution in [0.3, 0.4) is 0 Å². The fourth-order valence-electron chi connectivity index (χ4n) is 4.24. The van der Waals surface area contributed by atoms with Gasteiger partial charge in [-0.25, -0.2) is 4.79 Å². The highest BCUT2D eigenvalue weighted by Gasteiger charge is 2.78. The summed E-state index contributed by atoms with van der Waals surface area (Å²) in [7, 11) is 3.18. The summed E-state index contributed by atoms with van der Waals surface area (Å²) < 4.78 is 10.7. The molecular formula is C17H20O3. The van der Waals surface area contributed by atoms with E-state index in [1.807, 2.05) is 24.3 Å². The minimum absolute atomic E-state index is 0.0444. The molecule has 0 spiro atoms. The van der Waals surface area contributed by atoms with Crippen molar-refractivity contribution in [3.63, 3.8) is 0 Å². The lowest BCUT2D eigenvalue weighted by Crippen LogP contribution is -2.21. The molecule has 3 nitrogen and oxygen atoms in total. The summed E-state index contributed by atoms with van der Waals surface area (Å²) in [6.45, 7) is 0. The molecule has 3 atom stereocenters. The zero-order valence-corrected chi connectivity index (χ0v) is 12.0. The number of esters is 1. The standard InChI is InChI=1S/C17H20O3/c1-19-15(18)10-12-16-11-6-9-14(16)17(16,20-2)13-7-4-3-5-8-13/h3-5,7-8,10,12,14H,6,9,11H2,1-2H3/b12-10-/t14-,16-,17+/m0/s1. The fourth-order valence-corrected chi connectivity index (χ4v) is 4.24. The summed E-state index contributed by atoms with van der Waals surface area (Å²) in [5.74, 6) is 0.165. The first-order valence-electron chi connectivity index (χ1n) is 7.09. The smallest absolute Gasteiger partial charge is 0.330 e. The molecule has 2 fully saturated rings. The lowest BCUT2D eigenvalue weighted by molar-refractivity contribution is -0.134. The summed E-state index contributed by atoms with van der Waals surface area (Å²) in [4.78, 5) is 11.4. The van der Waals surface area contributed by atoms with Crippen molar-refractivity contribution in [1.82, 2.24) is 0 Å². The molecule has 0 bridgehead atoms. The highest BCUT2D eigenvalue weighted by molar-refractivity contribution is 5.82. The Hall–Kier alpha value is -1.61. The molecule has 0 aliphatic heterocycles. The van der Waals surface area contributed by atoms with Crippen molar-refractivity contribution in [3.8, 4) is 0 Å². The van der Waals surface area contributed by atoms with Crippen molar-refractivity contribution in [2.75, 3.05) is 14.2 Å². The Balaban J connectivity index is 1.98. The van der Waals surface area contributed by atoms with Gasteiger partial charge in [-0.1, -0.05) is 42.8 Å². The first kappa shape index (κ1) is 13.4. The van der Waals surface area contributed by atoms with E-state index in [-0.39, 0.29) is 17.0 Å². The molecule has 2 saturated carbocycles. The molecule has 106 valence electrons. The van der Waals surface area contributed by atoms with Crippen LogP contribution in [0, 0.1) is 11.3 Å². The van der Waals surface area contributed by atoms with Gasteiger partial charge >= 0.3 is 5.97 Å². The molecule has 0 aromatic heterocycles. The minimum Gasteiger partial charge on any atom is -0.466 e. The zero-order chi connectivity index (χ0) is 14.2. The van der Waals surface area contributed by atoms with Crippen LogP contribution in [-0.2, 0) is 19.9 Å². The van der Waals surface area contributed by atoms with E-state index in [0.717, 1.165) is 12.8 Å². The van der Waals surface area contributed by atoms with Crippen molar-refractivity contribution >= 4 is 5.97 Å². The second-order valence-corrected chi connectivity index (χ2v) is 5.65. The third kappa shape index (κ3) is 1.59. The van der Waals surface area contributed by atoms with E-state index >= 15 is 0 Å². The lowest BCUT2D eigenvalue weighted by Gasteiger charge is -2.24. The van der Waals surface area contributed by atoms with E-state index in [2.05, 4.69) is 12.1 Å². The van der Waals surface area contributed by atoms with E-state index in [9.17, 15) is 4.79 Å². The molecule has 2 aliphatic rings. The molecule has 0 unspecified atom stereocenters. The third-order valence-corrected chi connectivity index (χ3v) is 5.05. The van der Waals surface area contributed by atoms with Gasteiger partial charge in [0.15, 0.2) is 0 Å². The number of rotatable bonds is 4. The Bertz CT molecular complexity index is 536. The van der Waals surface area contributed by atoms with E-state index < -0.39 is 0 Å². The Morgan fingerprint density at radius 2 is 2.05 bits per heavy atom. The van der Waals surface area contributed by atoms with Gasteiger partial charge in [0.2, 0.25) is 0 Å². The van der Waals surface area contributed by atoms with Crippen molar-refractivity contribution in [2.45, 2.75) is 24.9 Å². The SMILES string of the molecule is COC(=O)/C=C\[C@@]12CCC[C@@H]1[C@]2(OC)c1ccccc1. The van der Waals surface area contributed by atoms with Gasteiger partial charge in [-0.05, 0) is 18.4 Å². The summed E-state index contributed by atoms with van der Waals surface area (Å²) >= 11 is 0. The summed E-state index contributed by atoms with van der Waals surface area (Å²) in [5.41, 5.74) is 0.899. The van der Waals surface area contributed by atoms with Crippen LogP contribution in [0.15, 0.2) is 42.5 Å². The van der Waals surface area contributed by atoms with Crippen LogP contribution in [0.5, 0.6) is 0 Å². The third-order valence-electron chi connectivity index (χ3n) is 5.05. The van der Waals surface area contributed by atoms with Gasteiger partial charge in [-0.3, -0.25) is 0 Å². The number of carbonyl (C=O) groups is 1. The van der Waals surface area contributed by atoms with Crippen LogP contribution in [0.1, 0.15) is 24.8 Å². The van der Waals surface area contributed by atoms with Crippen molar-refractivity contribution in [3.05, 3.63) is 48.0 Å². The first-order chi connectivity index (χ1) is 9.71. The topological polar surface area (TPSA) is 35.5 Å². The molecule has 0 amide bonds. The van der Waals surface area contributed by atoms with Crippen molar-refractivity contribution in [2.24, 2.45) is 11.3 Å². The molecule has 3 rings (SSSR count). The predicted octanol–water partition coefficient (Wildman–Crippen LogP) is 3.06. The summed E-state index contributed by atoms with van der Waals surface area (Å²) in [6, 6.07) is 10.3. The highest BCUT2D eigenvalue weighted by atomic mass is 16.5. The molecule has 0 N–H and O–H groups in total. The molecule has 0 saturated heterocycles.